The SMILES string of the molecule is COC(=O)CCc1cccc(C2CCCCCNC(=O)/C=C\c3c(c(F)cc4[nH]ccc34)Oc3ccc(F)c(c3)-c3ncc2[nH]3)c1. The van der Waals surface area contributed by atoms with Crippen molar-refractivity contribution in [2.24, 2.45) is 0 Å². The van der Waals surface area contributed by atoms with Gasteiger partial charge < -0.3 is 24.8 Å². The van der Waals surface area contributed by atoms with Crippen LogP contribution in [0, 0.1) is 11.6 Å². The number of imidazole rings is 1. The number of nitrogens with one attached hydrogen (secondary N) is 3. The largest absolute Gasteiger partial charge is 0.469 e. The summed E-state index contributed by atoms with van der Waals surface area (Å²) >= 11 is 0. The number of aryl methyl sites for hydroxylation is 1. The van der Waals surface area contributed by atoms with Crippen LogP contribution in [0.1, 0.15) is 60.4 Å². The first-order chi connectivity index (χ1) is 22.4. The summed E-state index contributed by atoms with van der Waals surface area (Å²) in [6, 6.07) is 15.3. The van der Waals surface area contributed by atoms with E-state index in [1.165, 1.54) is 43.5 Å². The third-order valence-electron chi connectivity index (χ3n) is 8.25. The number of hydrogen-bond acceptors (Lipinski definition) is 5. The molecule has 0 saturated carbocycles. The zero-order chi connectivity index (χ0) is 32.0. The van der Waals surface area contributed by atoms with Gasteiger partial charge in [0, 0.05) is 65.6 Å². The number of nitrogens with zero attached hydrogens (tertiary/aromatic N) is 1. The van der Waals surface area contributed by atoms with Crippen LogP contribution in [-0.2, 0) is 20.7 Å². The van der Waals surface area contributed by atoms with Crippen LogP contribution < -0.4 is 10.1 Å². The van der Waals surface area contributed by atoms with Gasteiger partial charge in [-0.25, -0.2) is 13.8 Å². The van der Waals surface area contributed by atoms with E-state index < -0.39 is 11.6 Å². The summed E-state index contributed by atoms with van der Waals surface area (Å²) in [5.41, 5.74) is 3.97. The molecule has 236 valence electrons. The van der Waals surface area contributed by atoms with Crippen LogP contribution in [0.3, 0.4) is 0 Å². The lowest BCUT2D eigenvalue weighted by Crippen LogP contribution is -2.22. The Morgan fingerprint density at radius 3 is 2.80 bits per heavy atom. The molecule has 0 aliphatic carbocycles. The van der Waals surface area contributed by atoms with Crippen LogP contribution in [-0.4, -0.2) is 40.5 Å². The number of methoxy groups -OCH3 is 1. The molecule has 3 aromatic carbocycles. The number of esters is 1. The maximum absolute atomic E-state index is 15.4. The van der Waals surface area contributed by atoms with E-state index in [9.17, 15) is 9.59 Å². The Balaban J connectivity index is 1.38. The molecule has 8 nitrogen and oxygen atoms in total. The molecule has 0 radical (unpaired) electrons. The van der Waals surface area contributed by atoms with Crippen molar-refractivity contribution < 1.29 is 27.8 Å². The maximum atomic E-state index is 15.4. The van der Waals surface area contributed by atoms with Crippen molar-refractivity contribution in [3.05, 3.63) is 107 Å². The number of amides is 1. The molecule has 1 unspecified atom stereocenters. The number of benzene rings is 3. The first-order valence-electron chi connectivity index (χ1n) is 15.3. The summed E-state index contributed by atoms with van der Waals surface area (Å²) < 4.78 is 41.5. The van der Waals surface area contributed by atoms with Gasteiger partial charge in [-0.2, -0.15) is 0 Å². The van der Waals surface area contributed by atoms with Crippen molar-refractivity contribution in [3.8, 4) is 22.9 Å². The molecule has 0 spiro atoms. The van der Waals surface area contributed by atoms with Crippen LogP contribution in [0.4, 0.5) is 8.78 Å². The lowest BCUT2D eigenvalue weighted by molar-refractivity contribution is -0.140. The summed E-state index contributed by atoms with van der Waals surface area (Å²) in [5.74, 6) is -1.36. The molecule has 3 N–H and O–H groups in total. The third kappa shape index (κ3) is 6.86. The fourth-order valence-electron chi connectivity index (χ4n) is 5.86. The molecule has 6 rings (SSSR count). The molecule has 46 heavy (non-hydrogen) atoms. The number of aromatic nitrogens is 3. The number of H-pyrrole nitrogens is 2. The van der Waals surface area contributed by atoms with Gasteiger partial charge in [0.25, 0.3) is 0 Å². The second kappa shape index (κ2) is 13.8. The molecule has 0 fully saturated rings. The number of aromatic amines is 2. The lowest BCUT2D eigenvalue weighted by Gasteiger charge is -2.17. The van der Waals surface area contributed by atoms with Gasteiger partial charge in [-0.3, -0.25) is 9.59 Å². The van der Waals surface area contributed by atoms with Crippen molar-refractivity contribution in [1.29, 1.82) is 0 Å². The van der Waals surface area contributed by atoms with E-state index in [0.29, 0.717) is 35.3 Å². The molecular formula is C36H34F2N4O4. The minimum atomic E-state index is -0.635. The Morgan fingerprint density at radius 2 is 1.93 bits per heavy atom. The number of ether oxygens (including phenoxy) is 2. The molecule has 3 heterocycles. The highest BCUT2D eigenvalue weighted by Gasteiger charge is 2.21. The van der Waals surface area contributed by atoms with Crippen LogP contribution in [0.15, 0.2) is 73.1 Å². The molecule has 2 aromatic heterocycles. The Hall–Kier alpha value is -5.25. The zero-order valence-electron chi connectivity index (χ0n) is 25.4. The summed E-state index contributed by atoms with van der Waals surface area (Å²) in [6.07, 6.45) is 10.4. The van der Waals surface area contributed by atoms with Crippen LogP contribution in [0.2, 0.25) is 0 Å². The Morgan fingerprint density at radius 1 is 1.04 bits per heavy atom. The predicted molar refractivity (Wildman–Crippen MR) is 171 cm³/mol. The molecule has 1 amide bonds. The van der Waals surface area contributed by atoms with E-state index >= 15 is 8.78 Å². The minimum Gasteiger partial charge on any atom is -0.469 e. The smallest absolute Gasteiger partial charge is 0.305 e. The third-order valence-corrected chi connectivity index (χ3v) is 8.25. The van der Waals surface area contributed by atoms with Crippen LogP contribution in [0.5, 0.6) is 11.5 Å². The molecule has 5 aromatic rings. The highest BCUT2D eigenvalue weighted by atomic mass is 19.1. The number of carbonyl (C=O) groups is 2. The van der Waals surface area contributed by atoms with E-state index in [0.717, 1.165) is 42.5 Å². The fraction of sp³-hybridized carbons (Fsp3) is 0.250. The lowest BCUT2D eigenvalue weighted by atomic mass is 9.89. The second-order valence-electron chi connectivity index (χ2n) is 11.3. The highest BCUT2D eigenvalue weighted by molar-refractivity contribution is 5.97. The summed E-state index contributed by atoms with van der Waals surface area (Å²) in [7, 11) is 1.38. The van der Waals surface area contributed by atoms with Crippen LogP contribution in [0.25, 0.3) is 28.4 Å². The van der Waals surface area contributed by atoms with Crippen molar-refractivity contribution in [3.63, 3.8) is 0 Å². The van der Waals surface area contributed by atoms with Gasteiger partial charge in [0.1, 0.15) is 17.4 Å². The number of rotatable bonds is 4. The minimum absolute atomic E-state index is 0.0776. The second-order valence-corrected chi connectivity index (χ2v) is 11.3. The molecule has 1 aliphatic heterocycles. The average molecular weight is 625 g/mol. The Labute approximate surface area is 264 Å². The van der Waals surface area contributed by atoms with Crippen molar-refractivity contribution in [2.75, 3.05) is 13.7 Å². The van der Waals surface area contributed by atoms with Gasteiger partial charge in [0.15, 0.2) is 11.6 Å². The molecule has 1 aliphatic rings. The molecule has 10 heteroatoms. The topological polar surface area (TPSA) is 109 Å². The summed E-state index contributed by atoms with van der Waals surface area (Å²) in [6.45, 7) is 0.488. The van der Waals surface area contributed by atoms with Gasteiger partial charge in [0.2, 0.25) is 5.91 Å². The number of fused-ring (bicyclic) bond motifs is 8. The number of carbonyl (C=O) groups excluding carboxylic acids is 2. The number of hydrogen-bond donors (Lipinski definition) is 3. The van der Waals surface area contributed by atoms with Crippen molar-refractivity contribution in [1.82, 2.24) is 20.3 Å². The van der Waals surface area contributed by atoms with E-state index in [2.05, 4.69) is 26.3 Å². The monoisotopic (exact) mass is 624 g/mol. The van der Waals surface area contributed by atoms with E-state index in [-0.39, 0.29) is 41.3 Å². The summed E-state index contributed by atoms with van der Waals surface area (Å²) in [4.78, 5) is 35.3. The standard InChI is InChI=1S/C36H34F2N4O4/c1-45-34(44)14-9-22-6-5-7-23(18-22)25-8-3-2-4-16-40-33(43)13-11-27-26-15-17-39-31(26)20-30(38)35(27)46-24-10-12-29(37)28(19-24)36-41-21-32(25)42-36/h5-7,10-13,15,17-21,25,39H,2-4,8-9,14,16H2,1H3,(H,40,43)(H,41,42)/b13-11-. The van der Waals surface area contributed by atoms with Gasteiger partial charge in [-0.05, 0) is 60.7 Å². The fourth-order valence-corrected chi connectivity index (χ4v) is 5.86. The highest BCUT2D eigenvalue weighted by Crippen LogP contribution is 2.37. The Bertz CT molecular complexity index is 1910. The van der Waals surface area contributed by atoms with Gasteiger partial charge in [-0.15, -0.1) is 0 Å². The number of halogens is 2. The van der Waals surface area contributed by atoms with Gasteiger partial charge >= 0.3 is 5.97 Å². The maximum Gasteiger partial charge on any atom is 0.305 e. The van der Waals surface area contributed by atoms with Crippen molar-refractivity contribution in [2.45, 2.75) is 44.4 Å². The molecule has 0 saturated heterocycles. The predicted octanol–water partition coefficient (Wildman–Crippen LogP) is 7.57. The van der Waals surface area contributed by atoms with Gasteiger partial charge in [-0.1, -0.05) is 37.1 Å². The van der Waals surface area contributed by atoms with E-state index in [1.807, 2.05) is 18.2 Å². The zero-order valence-corrected chi connectivity index (χ0v) is 25.4. The van der Waals surface area contributed by atoms with E-state index in [1.54, 1.807) is 18.5 Å². The Kier molecular flexibility index (Phi) is 9.23. The first kappa shape index (κ1) is 30.8. The average Bonchev–Trinajstić information content (AvgIpc) is 3.74. The summed E-state index contributed by atoms with van der Waals surface area (Å²) in [5, 5.41) is 3.58. The molecule has 1 atom stereocenters. The first-order valence-corrected chi connectivity index (χ1v) is 15.3. The van der Waals surface area contributed by atoms with E-state index in [4.69, 9.17) is 9.47 Å². The molecule has 4 bridgehead atoms. The van der Waals surface area contributed by atoms with Crippen LogP contribution >= 0.6 is 0 Å². The normalized spacial score (nSPS) is 16.3. The quantitative estimate of drug-likeness (QED) is 0.179. The van der Waals surface area contributed by atoms with Gasteiger partial charge in [0.05, 0.1) is 12.7 Å². The molecular weight excluding hydrogens is 590 g/mol. The van der Waals surface area contributed by atoms with Crippen molar-refractivity contribution >= 4 is 28.9 Å².